The Morgan fingerprint density at radius 3 is 2.64 bits per heavy atom. The maximum Gasteiger partial charge on any atom is 0.419 e. The number of anilines is 1. The number of aromatic nitrogens is 3. The number of fused-ring (bicyclic) bond motifs is 3. The van der Waals surface area contributed by atoms with E-state index in [-0.39, 0.29) is 5.75 Å². The van der Waals surface area contributed by atoms with Gasteiger partial charge in [-0.05, 0) is 43.9 Å². The molecule has 0 saturated carbocycles. The Morgan fingerprint density at radius 1 is 1.21 bits per heavy atom. The van der Waals surface area contributed by atoms with E-state index >= 15 is 0 Å². The summed E-state index contributed by atoms with van der Waals surface area (Å²) in [7, 11) is 3.67. The van der Waals surface area contributed by atoms with E-state index in [4.69, 9.17) is 4.42 Å². The fourth-order valence-electron chi connectivity index (χ4n) is 4.55. The molecule has 8 heteroatoms. The van der Waals surface area contributed by atoms with E-state index in [1.807, 2.05) is 12.1 Å². The summed E-state index contributed by atoms with van der Waals surface area (Å²) in [6.45, 7) is 0. The van der Waals surface area contributed by atoms with Crippen molar-refractivity contribution in [2.45, 2.75) is 43.8 Å². The third kappa shape index (κ3) is 2.75. The SMILES string of the molecule is CN(c1ccc(-c2cc3oc(=O)n(C)c3cc2O)nn1)C1CC2CC[C@H](C1)N2. The van der Waals surface area contributed by atoms with E-state index in [0.717, 1.165) is 18.7 Å². The number of hydrogen-bond donors (Lipinski definition) is 2. The molecule has 2 aliphatic heterocycles. The molecule has 2 saturated heterocycles. The average molecular weight is 381 g/mol. The third-order valence-corrected chi connectivity index (χ3v) is 6.19. The normalized spacial score (nSPS) is 24.0. The number of phenolic OH excluding ortho intramolecular Hbond substituents is 1. The van der Waals surface area contributed by atoms with Gasteiger partial charge in [0.25, 0.3) is 0 Å². The number of aryl methyl sites for hydroxylation is 1. The van der Waals surface area contributed by atoms with Gasteiger partial charge in [-0.15, -0.1) is 10.2 Å². The van der Waals surface area contributed by atoms with Crippen LogP contribution in [0.1, 0.15) is 25.7 Å². The zero-order chi connectivity index (χ0) is 19.4. The second-order valence-electron chi connectivity index (χ2n) is 7.91. The van der Waals surface area contributed by atoms with E-state index in [1.165, 1.54) is 23.5 Å². The predicted octanol–water partition coefficient (Wildman–Crippen LogP) is 2.01. The lowest BCUT2D eigenvalue weighted by Gasteiger charge is -2.36. The molecule has 2 bridgehead atoms. The van der Waals surface area contributed by atoms with Gasteiger partial charge in [0.15, 0.2) is 11.4 Å². The molecule has 2 aromatic heterocycles. The lowest BCUT2D eigenvalue weighted by atomic mass is 9.98. The minimum absolute atomic E-state index is 0.0363. The number of nitrogens with zero attached hydrogens (tertiary/aromatic N) is 4. The smallest absolute Gasteiger partial charge is 0.419 e. The number of piperidine rings is 1. The topological polar surface area (TPSA) is 96.4 Å². The van der Waals surface area contributed by atoms with Crippen LogP contribution in [0.15, 0.2) is 33.5 Å². The van der Waals surface area contributed by atoms with Crippen molar-refractivity contribution in [1.82, 2.24) is 20.1 Å². The summed E-state index contributed by atoms with van der Waals surface area (Å²) in [6, 6.07) is 8.60. The van der Waals surface area contributed by atoms with Crippen molar-refractivity contribution in [3.05, 3.63) is 34.8 Å². The number of nitrogens with one attached hydrogen (secondary N) is 1. The first-order chi connectivity index (χ1) is 13.5. The van der Waals surface area contributed by atoms with Crippen molar-refractivity contribution in [3.63, 3.8) is 0 Å². The molecule has 1 aromatic carbocycles. The maximum absolute atomic E-state index is 11.7. The zero-order valence-electron chi connectivity index (χ0n) is 15.9. The minimum Gasteiger partial charge on any atom is -0.507 e. The van der Waals surface area contributed by atoms with Crippen molar-refractivity contribution in [1.29, 1.82) is 0 Å². The van der Waals surface area contributed by atoms with Crippen molar-refractivity contribution in [3.8, 4) is 17.0 Å². The summed E-state index contributed by atoms with van der Waals surface area (Å²) in [6.07, 6.45) is 4.77. The van der Waals surface area contributed by atoms with Gasteiger partial charge in [0.2, 0.25) is 0 Å². The molecule has 146 valence electrons. The fourth-order valence-corrected chi connectivity index (χ4v) is 4.55. The number of rotatable bonds is 3. The molecule has 2 N–H and O–H groups in total. The highest BCUT2D eigenvalue weighted by Crippen LogP contribution is 2.33. The van der Waals surface area contributed by atoms with E-state index < -0.39 is 5.76 Å². The molecule has 0 spiro atoms. The number of aromatic hydroxyl groups is 1. The molecule has 3 atom stereocenters. The first-order valence-electron chi connectivity index (χ1n) is 9.65. The predicted molar refractivity (Wildman–Crippen MR) is 106 cm³/mol. The molecule has 0 aliphatic carbocycles. The summed E-state index contributed by atoms with van der Waals surface area (Å²) >= 11 is 0. The van der Waals surface area contributed by atoms with Gasteiger partial charge in [-0.2, -0.15) is 0 Å². The second-order valence-corrected chi connectivity index (χ2v) is 7.91. The Labute approximate surface area is 161 Å². The summed E-state index contributed by atoms with van der Waals surface area (Å²) < 4.78 is 6.57. The van der Waals surface area contributed by atoms with Gasteiger partial charge < -0.3 is 19.7 Å². The molecule has 0 radical (unpaired) electrons. The van der Waals surface area contributed by atoms with Crippen molar-refractivity contribution in [2.75, 3.05) is 11.9 Å². The van der Waals surface area contributed by atoms with Gasteiger partial charge in [-0.3, -0.25) is 4.57 Å². The molecule has 0 amide bonds. The fraction of sp³-hybridized carbons (Fsp3) is 0.450. The van der Waals surface area contributed by atoms with E-state index in [1.54, 1.807) is 13.1 Å². The van der Waals surface area contributed by atoms with Gasteiger partial charge in [0, 0.05) is 43.9 Å². The number of benzene rings is 1. The summed E-state index contributed by atoms with van der Waals surface area (Å²) in [5, 5.41) is 22.8. The molecule has 4 heterocycles. The lowest BCUT2D eigenvalue weighted by Crippen LogP contribution is -2.47. The quantitative estimate of drug-likeness (QED) is 0.716. The van der Waals surface area contributed by atoms with Crippen LogP contribution in [0.4, 0.5) is 5.82 Å². The van der Waals surface area contributed by atoms with Crippen molar-refractivity contribution in [2.24, 2.45) is 7.05 Å². The van der Waals surface area contributed by atoms with Crippen LogP contribution in [0, 0.1) is 0 Å². The van der Waals surface area contributed by atoms with Crippen LogP contribution >= 0.6 is 0 Å². The molecule has 3 aromatic rings. The molecule has 8 nitrogen and oxygen atoms in total. The first kappa shape index (κ1) is 17.2. The third-order valence-electron chi connectivity index (χ3n) is 6.19. The van der Waals surface area contributed by atoms with Crippen LogP contribution in [0.25, 0.3) is 22.4 Å². The minimum atomic E-state index is -0.467. The van der Waals surface area contributed by atoms with Crippen LogP contribution in [0.3, 0.4) is 0 Å². The van der Waals surface area contributed by atoms with Gasteiger partial charge >= 0.3 is 5.76 Å². The van der Waals surface area contributed by atoms with E-state index in [2.05, 4.69) is 27.5 Å². The molecule has 28 heavy (non-hydrogen) atoms. The van der Waals surface area contributed by atoms with Crippen LogP contribution in [-0.2, 0) is 7.05 Å². The molecular formula is C20H23N5O3. The highest BCUT2D eigenvalue weighted by Gasteiger charge is 2.35. The van der Waals surface area contributed by atoms with Gasteiger partial charge in [0.05, 0.1) is 11.2 Å². The van der Waals surface area contributed by atoms with E-state index in [0.29, 0.717) is 40.5 Å². The number of hydrogen-bond acceptors (Lipinski definition) is 7. The van der Waals surface area contributed by atoms with Crippen LogP contribution in [-0.4, -0.2) is 45.0 Å². The van der Waals surface area contributed by atoms with Crippen molar-refractivity contribution >= 4 is 16.9 Å². The Kier molecular flexibility index (Phi) is 3.90. The summed E-state index contributed by atoms with van der Waals surface area (Å²) in [4.78, 5) is 13.9. The van der Waals surface area contributed by atoms with E-state index in [9.17, 15) is 9.90 Å². The van der Waals surface area contributed by atoms with Gasteiger partial charge in [-0.1, -0.05) is 0 Å². The molecule has 2 unspecified atom stereocenters. The molecular weight excluding hydrogens is 358 g/mol. The molecule has 5 rings (SSSR count). The monoisotopic (exact) mass is 381 g/mol. The largest absolute Gasteiger partial charge is 0.507 e. The number of oxazole rings is 1. The summed E-state index contributed by atoms with van der Waals surface area (Å²) in [5.41, 5.74) is 1.97. The molecule has 2 fully saturated rings. The maximum atomic E-state index is 11.7. The van der Waals surface area contributed by atoms with Gasteiger partial charge in [0.1, 0.15) is 5.75 Å². The lowest BCUT2D eigenvalue weighted by molar-refractivity contribution is 0.353. The Bertz CT molecular complexity index is 1080. The van der Waals surface area contributed by atoms with Crippen LogP contribution in [0.2, 0.25) is 0 Å². The Balaban J connectivity index is 1.42. The van der Waals surface area contributed by atoms with Gasteiger partial charge in [-0.25, -0.2) is 4.79 Å². The zero-order valence-corrected chi connectivity index (χ0v) is 15.9. The highest BCUT2D eigenvalue weighted by molar-refractivity contribution is 5.83. The Morgan fingerprint density at radius 2 is 1.96 bits per heavy atom. The molecule has 2 aliphatic rings. The number of phenols is 1. The second kappa shape index (κ2) is 6.34. The highest BCUT2D eigenvalue weighted by atomic mass is 16.4. The van der Waals surface area contributed by atoms with Crippen molar-refractivity contribution < 1.29 is 9.52 Å². The average Bonchev–Trinajstić information content (AvgIpc) is 3.18. The Hall–Kier alpha value is -2.87. The standard InChI is InChI=1S/C20H23N5O3/c1-24(13-7-11-3-4-12(8-13)21-11)19-6-5-15(22-23-19)14-9-18-16(10-17(14)26)25(2)20(27)28-18/h5-6,9-13,21,26H,3-4,7-8H2,1-2H3/t11-,12?,13?/m1/s1. The summed E-state index contributed by atoms with van der Waals surface area (Å²) in [5.74, 6) is 0.390. The van der Waals surface area contributed by atoms with Crippen LogP contribution < -0.4 is 16.0 Å². The first-order valence-corrected chi connectivity index (χ1v) is 9.65. The van der Waals surface area contributed by atoms with Crippen LogP contribution in [0.5, 0.6) is 5.75 Å².